The van der Waals surface area contributed by atoms with E-state index in [2.05, 4.69) is 37.0 Å². The molecule has 0 saturated heterocycles. The second-order valence-corrected chi connectivity index (χ2v) is 8.51. The highest BCUT2D eigenvalue weighted by Crippen LogP contribution is 2.42. The summed E-state index contributed by atoms with van der Waals surface area (Å²) in [6.07, 6.45) is 0. The van der Waals surface area contributed by atoms with E-state index in [1.54, 1.807) is 11.9 Å². The minimum Gasteiger partial charge on any atom is -0.456 e. The largest absolute Gasteiger partial charge is 0.456 e. The van der Waals surface area contributed by atoms with Crippen molar-refractivity contribution in [2.75, 3.05) is 26.7 Å². The lowest BCUT2D eigenvalue weighted by molar-refractivity contribution is 0.0767. The van der Waals surface area contributed by atoms with Gasteiger partial charge in [0.15, 0.2) is 0 Å². The number of fused-ring (bicyclic) bond motifs is 2. The van der Waals surface area contributed by atoms with E-state index >= 15 is 0 Å². The van der Waals surface area contributed by atoms with Crippen LogP contribution in [0.5, 0.6) is 0 Å². The van der Waals surface area contributed by atoms with Crippen molar-refractivity contribution in [1.82, 2.24) is 4.90 Å². The Balaban J connectivity index is 2.13. The molecule has 0 fully saturated rings. The molecule has 2 aliphatic rings. The molecule has 33 heavy (non-hydrogen) atoms. The number of nitrogens with zero attached hydrogens (tertiary/aromatic N) is 2. The smallest absolute Gasteiger partial charge is 0.254 e. The number of carbonyl (C=O) groups excluding carboxylic acids is 1. The molecule has 4 rings (SSSR count). The van der Waals surface area contributed by atoms with Crippen molar-refractivity contribution in [3.63, 3.8) is 0 Å². The highest BCUT2D eigenvalue weighted by molar-refractivity contribution is 6.09. The van der Waals surface area contributed by atoms with Crippen LogP contribution in [0.25, 0.3) is 33.4 Å². The van der Waals surface area contributed by atoms with Gasteiger partial charge in [-0.15, -0.1) is 0 Å². The van der Waals surface area contributed by atoms with Crippen molar-refractivity contribution < 1.29 is 14.3 Å². The number of rotatable bonds is 5. The van der Waals surface area contributed by atoms with E-state index in [0.29, 0.717) is 12.1 Å². The van der Waals surface area contributed by atoms with Crippen LogP contribution in [-0.4, -0.2) is 42.7 Å². The Labute approximate surface area is 194 Å². The number of hydrogen-bond acceptors (Lipinski definition) is 4. The summed E-state index contributed by atoms with van der Waals surface area (Å²) < 4.78 is 6.38. The van der Waals surface area contributed by atoms with Gasteiger partial charge in [0.1, 0.15) is 11.3 Å². The third kappa shape index (κ3) is 4.16. The molecule has 0 saturated carbocycles. The average Bonchev–Trinajstić information content (AvgIpc) is 2.79. The maximum Gasteiger partial charge on any atom is 0.254 e. The van der Waals surface area contributed by atoms with E-state index in [1.807, 2.05) is 44.2 Å². The third-order valence-electron chi connectivity index (χ3n) is 6.19. The summed E-state index contributed by atoms with van der Waals surface area (Å²) in [5, 5.41) is 11.2. The zero-order valence-electron chi connectivity index (χ0n) is 19.9. The van der Waals surface area contributed by atoms with Crippen LogP contribution >= 0.6 is 0 Å². The van der Waals surface area contributed by atoms with Crippen molar-refractivity contribution in [2.45, 2.75) is 27.7 Å². The Morgan fingerprint density at radius 2 is 1.73 bits per heavy atom. The molecule has 0 aromatic heterocycles. The van der Waals surface area contributed by atoms with Crippen LogP contribution < -0.4 is 5.36 Å². The Hall–Kier alpha value is -3.44. The minimum absolute atomic E-state index is 0.0815. The number of aliphatic hydroxyl groups excluding tert-OH is 1. The van der Waals surface area contributed by atoms with Crippen molar-refractivity contribution >= 4 is 16.9 Å². The fourth-order valence-electron chi connectivity index (χ4n) is 4.27. The van der Waals surface area contributed by atoms with Gasteiger partial charge in [-0.1, -0.05) is 18.2 Å². The predicted molar refractivity (Wildman–Crippen MR) is 133 cm³/mol. The number of amides is 1. The fourth-order valence-corrected chi connectivity index (χ4v) is 4.27. The fraction of sp³-hybridized carbons (Fsp3) is 0.286. The average molecular weight is 443 g/mol. The summed E-state index contributed by atoms with van der Waals surface area (Å²) in [6, 6.07) is 16.0. The van der Waals surface area contributed by atoms with Crippen LogP contribution in [0.2, 0.25) is 0 Å². The van der Waals surface area contributed by atoms with Crippen LogP contribution in [-0.2, 0) is 0 Å². The topological polar surface area (TPSA) is 66.0 Å². The van der Waals surface area contributed by atoms with Gasteiger partial charge in [-0.25, -0.2) is 0 Å². The molecule has 5 heteroatoms. The third-order valence-corrected chi connectivity index (χ3v) is 6.19. The first-order chi connectivity index (χ1) is 15.8. The van der Waals surface area contributed by atoms with Crippen LogP contribution in [0.3, 0.4) is 0 Å². The van der Waals surface area contributed by atoms with Gasteiger partial charge in [-0.3, -0.25) is 9.79 Å². The maximum absolute atomic E-state index is 13.3. The van der Waals surface area contributed by atoms with Crippen molar-refractivity contribution in [3.8, 4) is 22.5 Å². The van der Waals surface area contributed by atoms with Crippen LogP contribution in [0.1, 0.15) is 34.0 Å². The van der Waals surface area contributed by atoms with E-state index < -0.39 is 0 Å². The van der Waals surface area contributed by atoms with Gasteiger partial charge in [0.25, 0.3) is 5.91 Å². The van der Waals surface area contributed by atoms with E-state index in [-0.39, 0.29) is 19.1 Å². The van der Waals surface area contributed by atoms with Gasteiger partial charge < -0.3 is 14.4 Å². The molecule has 0 bridgehead atoms. The molecule has 0 atom stereocenters. The zero-order chi connectivity index (χ0) is 23.7. The standard InChI is InChI=1S/C28H30N2O3/c1-6-29-24-16-26-23(14-19(24)4)27(22-13-17(2)18(3)15-25(22)33-26)20-9-7-8-10-21(20)28(32)30(5)11-12-31/h7-10,13-16,31H,6,11-12H2,1-5H3. The number of aliphatic hydroxyl groups is 1. The van der Waals surface area contributed by atoms with E-state index in [0.717, 1.165) is 55.5 Å². The van der Waals surface area contributed by atoms with Gasteiger partial charge in [0.2, 0.25) is 0 Å². The highest BCUT2D eigenvalue weighted by atomic mass is 16.3. The Kier molecular flexibility index (Phi) is 6.34. The van der Waals surface area contributed by atoms with Crippen molar-refractivity contribution in [2.24, 2.45) is 4.99 Å². The summed E-state index contributed by atoms with van der Waals surface area (Å²) in [4.78, 5) is 19.5. The Morgan fingerprint density at radius 1 is 1.00 bits per heavy atom. The number of benzene rings is 3. The molecular formula is C28H30N2O3. The van der Waals surface area contributed by atoms with Gasteiger partial charge in [-0.2, -0.15) is 0 Å². The quantitative estimate of drug-likeness (QED) is 0.437. The summed E-state index contributed by atoms with van der Waals surface area (Å²) in [5.74, 6) is 0.615. The predicted octanol–water partition coefficient (Wildman–Crippen LogP) is 5.11. The first-order valence-corrected chi connectivity index (χ1v) is 11.3. The molecule has 0 spiro atoms. The van der Waals surface area contributed by atoms with Gasteiger partial charge in [0.05, 0.1) is 12.0 Å². The molecule has 1 heterocycles. The van der Waals surface area contributed by atoms with Crippen LogP contribution in [0, 0.1) is 20.8 Å². The lowest BCUT2D eigenvalue weighted by Gasteiger charge is -2.21. The second kappa shape index (κ2) is 9.20. The number of aryl methyl sites for hydroxylation is 3. The van der Waals surface area contributed by atoms with Gasteiger partial charge in [0, 0.05) is 48.3 Å². The molecule has 1 aliphatic carbocycles. The number of hydrogen-bond donors (Lipinski definition) is 1. The van der Waals surface area contributed by atoms with Crippen LogP contribution in [0.4, 0.5) is 0 Å². The molecule has 2 aromatic carbocycles. The van der Waals surface area contributed by atoms with E-state index in [9.17, 15) is 9.90 Å². The molecular weight excluding hydrogens is 412 g/mol. The molecule has 5 nitrogen and oxygen atoms in total. The molecule has 1 N–H and O–H groups in total. The highest BCUT2D eigenvalue weighted by Gasteiger charge is 2.23. The summed E-state index contributed by atoms with van der Waals surface area (Å²) >= 11 is 0. The second-order valence-electron chi connectivity index (χ2n) is 8.51. The summed E-state index contributed by atoms with van der Waals surface area (Å²) in [5.41, 5.74) is 7.51. The Morgan fingerprint density at radius 3 is 2.45 bits per heavy atom. The molecule has 1 amide bonds. The molecule has 2 aromatic rings. The molecule has 0 radical (unpaired) electrons. The first-order valence-electron chi connectivity index (χ1n) is 11.3. The SMILES string of the molecule is CCN=c1cc2oc3cc(C)c(C)cc3c(-c3ccccc3C(=O)N(C)CCO)c-2cc1C. The lowest BCUT2D eigenvalue weighted by Crippen LogP contribution is -2.29. The monoisotopic (exact) mass is 442 g/mol. The first kappa shape index (κ1) is 22.7. The summed E-state index contributed by atoms with van der Waals surface area (Å²) in [7, 11) is 1.71. The minimum atomic E-state index is -0.125. The van der Waals surface area contributed by atoms with Gasteiger partial charge in [-0.05, 0) is 74.2 Å². The van der Waals surface area contributed by atoms with E-state index in [1.165, 1.54) is 0 Å². The van der Waals surface area contributed by atoms with Crippen molar-refractivity contribution in [3.05, 3.63) is 76.1 Å². The Bertz CT molecular complexity index is 1380. The molecule has 1 aliphatic heterocycles. The molecule has 170 valence electrons. The summed E-state index contributed by atoms with van der Waals surface area (Å²) in [6.45, 7) is 9.11. The number of likely N-dealkylation sites (N-methyl/N-ethyl adjacent to an activating group) is 1. The van der Waals surface area contributed by atoms with Crippen LogP contribution in [0.15, 0.2) is 57.9 Å². The maximum atomic E-state index is 13.3. The normalized spacial score (nSPS) is 12.0. The lowest BCUT2D eigenvalue weighted by atomic mass is 9.88. The van der Waals surface area contributed by atoms with E-state index in [4.69, 9.17) is 4.42 Å². The van der Waals surface area contributed by atoms with Crippen molar-refractivity contribution in [1.29, 1.82) is 0 Å². The molecule has 0 unspecified atom stereocenters. The zero-order valence-corrected chi connectivity index (χ0v) is 19.9. The van der Waals surface area contributed by atoms with Gasteiger partial charge >= 0.3 is 0 Å². The number of carbonyl (C=O) groups is 1.